The Morgan fingerprint density at radius 3 is 2.71 bits per heavy atom. The van der Waals surface area contributed by atoms with E-state index in [0.29, 0.717) is 16.0 Å². The number of nitrogens with zero attached hydrogens (tertiary/aromatic N) is 3. The summed E-state index contributed by atoms with van der Waals surface area (Å²) in [7, 11) is -0.320. The first kappa shape index (κ1) is 16.0. The van der Waals surface area contributed by atoms with Crippen LogP contribution in [0.1, 0.15) is 0 Å². The Labute approximate surface area is 136 Å². The van der Waals surface area contributed by atoms with Crippen LogP contribution in [-0.4, -0.2) is 32.5 Å². The molecule has 0 atom stereocenters. The zero-order chi connectivity index (χ0) is 15.6. The van der Waals surface area contributed by atoms with E-state index in [1.807, 2.05) is 0 Å². The molecule has 2 aromatic rings. The number of pyridine rings is 2. The Morgan fingerprint density at radius 1 is 1.33 bits per heavy atom. The molecule has 21 heavy (non-hydrogen) atoms. The molecule has 112 valence electrons. The van der Waals surface area contributed by atoms with Gasteiger partial charge in [0.25, 0.3) is 10.0 Å². The molecule has 0 radical (unpaired) electrons. The molecule has 0 spiro atoms. The minimum atomic E-state index is -3.86. The maximum absolute atomic E-state index is 12.4. The highest BCUT2D eigenvalue weighted by Crippen LogP contribution is 2.27. The maximum atomic E-state index is 12.4. The van der Waals surface area contributed by atoms with Crippen LogP contribution >= 0.6 is 27.5 Å². The summed E-state index contributed by atoms with van der Waals surface area (Å²) in [5.74, 6) is 0.500. The molecule has 0 amide bonds. The number of hydrogen-bond donors (Lipinski definition) is 1. The van der Waals surface area contributed by atoms with Gasteiger partial charge in [0, 0.05) is 31.0 Å². The van der Waals surface area contributed by atoms with Gasteiger partial charge >= 0.3 is 0 Å². The zero-order valence-electron chi connectivity index (χ0n) is 11.2. The summed E-state index contributed by atoms with van der Waals surface area (Å²) in [6.45, 7) is 0. The van der Waals surface area contributed by atoms with Crippen LogP contribution in [0.5, 0.6) is 0 Å². The van der Waals surface area contributed by atoms with Crippen LogP contribution in [0.25, 0.3) is 0 Å². The van der Waals surface area contributed by atoms with Gasteiger partial charge in [-0.25, -0.2) is 18.4 Å². The first-order chi connectivity index (χ1) is 9.81. The van der Waals surface area contributed by atoms with Gasteiger partial charge in [0.05, 0.1) is 5.69 Å². The number of anilines is 2. The summed E-state index contributed by atoms with van der Waals surface area (Å²) in [4.78, 5) is 9.56. The van der Waals surface area contributed by atoms with Crippen LogP contribution < -0.4 is 9.62 Å². The molecule has 2 rings (SSSR count). The molecule has 2 aromatic heterocycles. The van der Waals surface area contributed by atoms with Crippen molar-refractivity contribution in [1.29, 1.82) is 0 Å². The van der Waals surface area contributed by atoms with Gasteiger partial charge in [0.15, 0.2) is 5.82 Å². The molecule has 0 unspecified atom stereocenters. The summed E-state index contributed by atoms with van der Waals surface area (Å²) in [5, 5.41) is -0.0963. The lowest BCUT2D eigenvalue weighted by atomic mass is 10.4. The zero-order valence-corrected chi connectivity index (χ0v) is 14.4. The molecule has 0 bridgehead atoms. The third kappa shape index (κ3) is 3.63. The second-order valence-electron chi connectivity index (χ2n) is 4.32. The molecule has 0 aliphatic carbocycles. The average molecular weight is 392 g/mol. The standard InChI is InChI=1S/C12H12BrClN4O2S/c1-18(2)12-9(4-3-5-15-12)17-21(19,20)10-6-8(13)7-16-11(10)14/h3-7,17H,1-2H3. The van der Waals surface area contributed by atoms with Crippen molar-refractivity contribution in [2.24, 2.45) is 0 Å². The van der Waals surface area contributed by atoms with Crippen LogP contribution in [-0.2, 0) is 10.0 Å². The summed E-state index contributed by atoms with van der Waals surface area (Å²) < 4.78 is 27.9. The van der Waals surface area contributed by atoms with Crippen molar-refractivity contribution in [2.75, 3.05) is 23.7 Å². The van der Waals surface area contributed by atoms with E-state index in [2.05, 4.69) is 30.6 Å². The van der Waals surface area contributed by atoms with Gasteiger partial charge in [0.1, 0.15) is 10.0 Å². The number of rotatable bonds is 4. The Bertz CT molecular complexity index is 768. The maximum Gasteiger partial charge on any atom is 0.265 e. The number of aromatic nitrogens is 2. The molecule has 1 N–H and O–H groups in total. The second-order valence-corrected chi connectivity index (χ2v) is 7.24. The Balaban J connectivity index is 2.45. The third-order valence-corrected chi connectivity index (χ3v) is 4.74. The van der Waals surface area contributed by atoms with Gasteiger partial charge in [-0.1, -0.05) is 11.6 Å². The molecule has 2 heterocycles. The number of sulfonamides is 1. The van der Waals surface area contributed by atoms with Gasteiger partial charge in [-0.3, -0.25) is 4.72 Å². The molecule has 0 aromatic carbocycles. The number of halogens is 2. The molecule has 6 nitrogen and oxygen atoms in total. The Kier molecular flexibility index (Phi) is 4.70. The summed E-state index contributed by atoms with van der Waals surface area (Å²) in [6, 6.07) is 4.66. The van der Waals surface area contributed by atoms with Crippen LogP contribution in [0, 0.1) is 0 Å². The minimum Gasteiger partial charge on any atom is -0.361 e. The Morgan fingerprint density at radius 2 is 2.05 bits per heavy atom. The molecular formula is C12H12BrClN4O2S. The van der Waals surface area contributed by atoms with E-state index in [9.17, 15) is 8.42 Å². The predicted octanol–water partition coefficient (Wildman–Crippen LogP) is 2.76. The summed E-state index contributed by atoms with van der Waals surface area (Å²) in [6.07, 6.45) is 3.01. The van der Waals surface area contributed by atoms with E-state index in [4.69, 9.17) is 11.6 Å². The van der Waals surface area contributed by atoms with Crippen LogP contribution in [0.2, 0.25) is 5.15 Å². The van der Waals surface area contributed by atoms with Crippen LogP contribution in [0.15, 0.2) is 40.0 Å². The smallest absolute Gasteiger partial charge is 0.265 e. The van der Waals surface area contributed by atoms with Crippen molar-refractivity contribution in [3.63, 3.8) is 0 Å². The first-order valence-corrected chi connectivity index (χ1v) is 8.43. The van der Waals surface area contributed by atoms with E-state index in [1.54, 1.807) is 37.3 Å². The largest absolute Gasteiger partial charge is 0.361 e. The lowest BCUT2D eigenvalue weighted by Gasteiger charge is -2.17. The van der Waals surface area contributed by atoms with Gasteiger partial charge in [0.2, 0.25) is 0 Å². The topological polar surface area (TPSA) is 75.2 Å². The molecule has 0 fully saturated rings. The molecule has 0 aliphatic heterocycles. The van der Waals surface area contributed by atoms with Crippen LogP contribution in [0.4, 0.5) is 11.5 Å². The Hall–Kier alpha value is -1.38. The molecule has 0 aliphatic rings. The fourth-order valence-corrected chi connectivity index (χ4v) is 3.63. The third-order valence-electron chi connectivity index (χ3n) is 2.52. The monoisotopic (exact) mass is 390 g/mol. The second kappa shape index (κ2) is 6.17. The van der Waals surface area contributed by atoms with E-state index in [0.717, 1.165) is 0 Å². The molecule has 0 saturated heterocycles. The van der Waals surface area contributed by atoms with Crippen molar-refractivity contribution >= 4 is 49.1 Å². The quantitative estimate of drug-likeness (QED) is 0.811. The fraction of sp³-hybridized carbons (Fsp3) is 0.167. The first-order valence-electron chi connectivity index (χ1n) is 5.77. The molecule has 0 saturated carbocycles. The summed E-state index contributed by atoms with van der Waals surface area (Å²) in [5.41, 5.74) is 0.360. The summed E-state index contributed by atoms with van der Waals surface area (Å²) >= 11 is 9.05. The van der Waals surface area contributed by atoms with Crippen molar-refractivity contribution in [1.82, 2.24) is 9.97 Å². The normalized spacial score (nSPS) is 11.2. The lowest BCUT2D eigenvalue weighted by Crippen LogP contribution is -2.18. The van der Waals surface area contributed by atoms with Gasteiger partial charge < -0.3 is 4.90 Å². The van der Waals surface area contributed by atoms with E-state index in [-0.39, 0.29) is 10.0 Å². The highest BCUT2D eigenvalue weighted by Gasteiger charge is 2.21. The number of nitrogens with one attached hydrogen (secondary N) is 1. The van der Waals surface area contributed by atoms with E-state index >= 15 is 0 Å². The van der Waals surface area contributed by atoms with Crippen molar-refractivity contribution in [3.8, 4) is 0 Å². The molecule has 9 heteroatoms. The van der Waals surface area contributed by atoms with Crippen LogP contribution in [0.3, 0.4) is 0 Å². The van der Waals surface area contributed by atoms with Crippen molar-refractivity contribution < 1.29 is 8.42 Å². The van der Waals surface area contributed by atoms with Gasteiger partial charge in [-0.05, 0) is 34.1 Å². The van der Waals surface area contributed by atoms with E-state index in [1.165, 1.54) is 12.3 Å². The van der Waals surface area contributed by atoms with E-state index < -0.39 is 10.0 Å². The predicted molar refractivity (Wildman–Crippen MR) is 86.3 cm³/mol. The highest BCUT2D eigenvalue weighted by atomic mass is 79.9. The molecular weight excluding hydrogens is 380 g/mol. The van der Waals surface area contributed by atoms with Gasteiger partial charge in [-0.15, -0.1) is 0 Å². The highest BCUT2D eigenvalue weighted by molar-refractivity contribution is 9.10. The SMILES string of the molecule is CN(C)c1ncccc1NS(=O)(=O)c1cc(Br)cnc1Cl. The fourth-order valence-electron chi connectivity index (χ4n) is 1.63. The number of hydrogen-bond acceptors (Lipinski definition) is 5. The minimum absolute atomic E-state index is 0.0963. The average Bonchev–Trinajstić information content (AvgIpc) is 2.41. The van der Waals surface area contributed by atoms with Crippen molar-refractivity contribution in [2.45, 2.75) is 4.90 Å². The van der Waals surface area contributed by atoms with Gasteiger partial charge in [-0.2, -0.15) is 0 Å². The van der Waals surface area contributed by atoms with Crippen molar-refractivity contribution in [3.05, 3.63) is 40.2 Å². The lowest BCUT2D eigenvalue weighted by molar-refractivity contribution is 0.601.